The van der Waals surface area contributed by atoms with Gasteiger partial charge in [-0.05, 0) is 0 Å². The van der Waals surface area contributed by atoms with E-state index in [2.05, 4.69) is 0 Å². The fourth-order valence-corrected chi connectivity index (χ4v) is 1.67. The van der Waals surface area contributed by atoms with Gasteiger partial charge in [-0.15, -0.1) is 0 Å². The van der Waals surface area contributed by atoms with E-state index in [1.807, 2.05) is 0 Å². The molecule has 0 radical (unpaired) electrons. The van der Waals surface area contributed by atoms with Crippen LogP contribution in [0.3, 0.4) is 0 Å². The van der Waals surface area contributed by atoms with Crippen molar-refractivity contribution >= 4 is 33.5 Å². The van der Waals surface area contributed by atoms with Crippen LogP contribution in [0.5, 0.6) is 0 Å². The van der Waals surface area contributed by atoms with Crippen LogP contribution in [0.4, 0.5) is 0 Å². The maximum absolute atomic E-state index is 10.5. The second-order valence-corrected chi connectivity index (χ2v) is 3.84. The molecule has 0 saturated heterocycles. The van der Waals surface area contributed by atoms with Gasteiger partial charge in [0.2, 0.25) is 0 Å². The van der Waals surface area contributed by atoms with Gasteiger partial charge < -0.3 is 21.7 Å². The number of carboxylic acid groups (broad SMARTS) is 2. The second kappa shape index (κ2) is 6.93. The van der Waals surface area contributed by atoms with Crippen molar-refractivity contribution in [1.29, 1.82) is 0 Å². The van der Waals surface area contributed by atoms with E-state index in [1.54, 1.807) is 0 Å². The minimum Gasteiger partial charge on any atom is -0.480 e. The lowest BCUT2D eigenvalue weighted by molar-refractivity contribution is -0.138. The third-order valence-corrected chi connectivity index (χ3v) is 2.53. The molecule has 0 fully saturated rings. The van der Waals surface area contributed by atoms with Gasteiger partial charge in [0.05, 0.1) is 0 Å². The Bertz CT molecular complexity index is 312. The van der Waals surface area contributed by atoms with Gasteiger partial charge in [-0.25, -0.2) is 0 Å². The maximum Gasteiger partial charge on any atom is 0.321 e. The number of rotatable bonds is 7. The van der Waals surface area contributed by atoms with Crippen LogP contribution in [0.2, 0.25) is 0 Å². The minimum absolute atomic E-state index is 0.194. The fourth-order valence-electron chi connectivity index (χ4n) is 0.253. The molecule has 6 nitrogen and oxygen atoms in total. The average molecular weight is 244 g/mol. The molecular formula is C6H12N2O4S2. The molecule has 2 atom stereocenters. The summed E-state index contributed by atoms with van der Waals surface area (Å²) in [4.78, 5) is 21.0. The van der Waals surface area contributed by atoms with Gasteiger partial charge in [-0.2, -0.15) is 0 Å². The third kappa shape index (κ3) is 6.08. The van der Waals surface area contributed by atoms with Crippen molar-refractivity contribution in [3.05, 3.63) is 0 Å². The molecule has 0 heterocycles. The first-order valence-corrected chi connectivity index (χ1v) is 5.40. The summed E-state index contributed by atoms with van der Waals surface area (Å²) in [5, 5.41) is 17.1. The highest BCUT2D eigenvalue weighted by Gasteiger charge is 2.14. The zero-order chi connectivity index (χ0) is 14.7. The van der Waals surface area contributed by atoms with Crippen molar-refractivity contribution in [1.82, 2.24) is 0 Å². The number of nitrogens with two attached hydrogens (primary N) is 2. The number of hydrogen-bond donors (Lipinski definition) is 4. The Kier molecular flexibility index (Phi) is 3.86. The Morgan fingerprint density at radius 3 is 1.64 bits per heavy atom. The lowest BCUT2D eigenvalue weighted by Crippen LogP contribution is -2.33. The molecule has 0 saturated carbocycles. The Labute approximate surface area is 94.4 Å². The van der Waals surface area contributed by atoms with Crippen molar-refractivity contribution in [3.8, 4) is 0 Å². The van der Waals surface area contributed by atoms with Gasteiger partial charge in [0, 0.05) is 16.9 Å². The molecule has 14 heavy (non-hydrogen) atoms. The minimum atomic E-state index is -2.47. The molecule has 6 N–H and O–H groups in total. The van der Waals surface area contributed by atoms with Crippen molar-refractivity contribution in [3.63, 3.8) is 0 Å². The van der Waals surface area contributed by atoms with Crippen LogP contribution in [-0.4, -0.2) is 45.6 Å². The molecule has 0 aromatic heterocycles. The molecule has 0 aromatic carbocycles. The van der Waals surface area contributed by atoms with Crippen LogP contribution in [0.1, 0.15) is 5.48 Å². The summed E-state index contributed by atoms with van der Waals surface area (Å²) in [6.45, 7) is 0. The molecule has 8 heteroatoms. The van der Waals surface area contributed by atoms with Crippen LogP contribution in [0.15, 0.2) is 0 Å². The molecule has 0 unspecified atom stereocenters. The number of aliphatic carboxylic acids is 2. The normalized spacial score (nSPS) is 21.0. The molecule has 0 aliphatic carbocycles. The lowest BCUT2D eigenvalue weighted by atomic mass is 10.4. The highest BCUT2D eigenvalue weighted by atomic mass is 33.1. The van der Waals surface area contributed by atoms with Crippen molar-refractivity contribution in [2.45, 2.75) is 12.1 Å². The van der Waals surface area contributed by atoms with Gasteiger partial charge in [-0.3, -0.25) is 9.59 Å². The largest absolute Gasteiger partial charge is 0.480 e. The average Bonchev–Trinajstić information content (AvgIpc) is 2.24. The molecule has 0 amide bonds. The zero-order valence-electron chi connectivity index (χ0n) is 10.8. The summed E-state index contributed by atoms with van der Waals surface area (Å²) in [7, 11) is 0.387. The smallest absolute Gasteiger partial charge is 0.321 e. The van der Waals surface area contributed by atoms with Crippen LogP contribution in [0, 0.1) is 0 Å². The molecule has 0 bridgehead atoms. The summed E-state index contributed by atoms with van der Waals surface area (Å²) in [6, 6.07) is -3.74. The van der Waals surface area contributed by atoms with E-state index in [0.717, 1.165) is 0 Å². The topological polar surface area (TPSA) is 127 Å². The van der Waals surface area contributed by atoms with Gasteiger partial charge >= 0.3 is 11.9 Å². The van der Waals surface area contributed by atoms with E-state index < -0.39 is 35.4 Å². The first kappa shape index (κ1) is 7.80. The number of carbonyl (C=O) groups is 2. The molecule has 0 aromatic rings. The van der Waals surface area contributed by atoms with Gasteiger partial charge in [0.15, 0.2) is 0 Å². The van der Waals surface area contributed by atoms with Gasteiger partial charge in [-0.1, -0.05) is 21.6 Å². The summed E-state index contributed by atoms with van der Waals surface area (Å²) >= 11 is 0. The predicted octanol–water partition coefficient (Wildman–Crippen LogP) is -0.808. The highest BCUT2D eigenvalue weighted by molar-refractivity contribution is 8.76. The van der Waals surface area contributed by atoms with Crippen LogP contribution in [0.25, 0.3) is 0 Å². The number of carboxylic acids is 2. The van der Waals surface area contributed by atoms with Crippen LogP contribution < -0.4 is 11.5 Å². The highest BCUT2D eigenvalue weighted by Crippen LogP contribution is 2.22. The monoisotopic (exact) mass is 244 g/mol. The standard InChI is InChI=1S/C6H12N2O4S2/c7-3(5(9)10)1-13-14-2-4(8)6(11)12/h3-4H,1-2,7-8H2,(H,9,10)(H,11,12)/t3-,4-/m0/s1/i1D2,2D2. The zero-order valence-corrected chi connectivity index (χ0v) is 8.47. The summed E-state index contributed by atoms with van der Waals surface area (Å²) in [5.74, 6) is -3.17. The molecule has 0 spiro atoms. The first-order valence-electron chi connectivity index (χ1n) is 5.25. The van der Waals surface area contributed by atoms with Crippen LogP contribution in [-0.2, 0) is 9.59 Å². The van der Waals surface area contributed by atoms with E-state index in [-0.39, 0.29) is 21.6 Å². The van der Waals surface area contributed by atoms with E-state index in [9.17, 15) is 9.59 Å². The Morgan fingerprint density at radius 1 is 1.14 bits per heavy atom. The Balaban J connectivity index is 4.65. The van der Waals surface area contributed by atoms with E-state index in [4.69, 9.17) is 27.2 Å². The molecule has 0 rings (SSSR count). The summed E-state index contributed by atoms with van der Waals surface area (Å²) < 4.78 is 29.4. The Morgan fingerprint density at radius 2 is 1.43 bits per heavy atom. The summed E-state index contributed by atoms with van der Waals surface area (Å²) in [6.07, 6.45) is 0. The van der Waals surface area contributed by atoms with E-state index in [0.29, 0.717) is 0 Å². The van der Waals surface area contributed by atoms with Gasteiger partial charge in [0.1, 0.15) is 12.1 Å². The van der Waals surface area contributed by atoms with Crippen molar-refractivity contribution in [2.75, 3.05) is 11.4 Å². The first-order chi connectivity index (χ1) is 7.92. The molecule has 82 valence electrons. The lowest BCUT2D eigenvalue weighted by Gasteiger charge is -2.07. The van der Waals surface area contributed by atoms with Crippen molar-refractivity contribution in [2.24, 2.45) is 11.5 Å². The Hall–Kier alpha value is -0.440. The molecule has 0 aliphatic rings. The second-order valence-electron chi connectivity index (χ2n) is 2.03. The SMILES string of the molecule is [2H]C([2H])(SSC([2H])([2H])[C@H](N)C(=O)O)[C@H](N)C(=O)O. The van der Waals surface area contributed by atoms with Crippen molar-refractivity contribution < 1.29 is 25.3 Å². The van der Waals surface area contributed by atoms with E-state index in [1.165, 1.54) is 0 Å². The quantitative estimate of drug-likeness (QED) is 0.428. The van der Waals surface area contributed by atoms with Crippen LogP contribution >= 0.6 is 21.6 Å². The van der Waals surface area contributed by atoms with Gasteiger partial charge in [0.25, 0.3) is 0 Å². The van der Waals surface area contributed by atoms with E-state index >= 15 is 0 Å². The maximum atomic E-state index is 10.5. The molecular weight excluding hydrogens is 228 g/mol. The fraction of sp³-hybridized carbons (Fsp3) is 0.667. The number of hydrogen-bond acceptors (Lipinski definition) is 6. The summed E-state index contributed by atoms with van der Waals surface area (Å²) in [5.41, 5.74) is 5.22. The molecule has 0 aliphatic heterocycles. The third-order valence-electron chi connectivity index (χ3n) is 0.924. The predicted molar refractivity (Wildman–Crippen MR) is 56.1 cm³/mol.